The van der Waals surface area contributed by atoms with E-state index in [1.807, 2.05) is 13.8 Å². The van der Waals surface area contributed by atoms with Crippen LogP contribution in [0.3, 0.4) is 0 Å². The van der Waals surface area contributed by atoms with Gasteiger partial charge >= 0.3 is 5.97 Å². The lowest BCUT2D eigenvalue weighted by molar-refractivity contribution is 0.0694. The molecule has 0 amide bonds. The van der Waals surface area contributed by atoms with Gasteiger partial charge in [0.15, 0.2) is 11.6 Å². The number of aryl methyl sites for hydroxylation is 2. The Morgan fingerprint density at radius 2 is 2.11 bits per heavy atom. The SMILES string of the molecule is COc1c(N2CCC(C(N)c3nc(C)c(C)o3)C2)c(F)cc2c(=O)c(C(=O)O)cn(C3CC3F)c12. The van der Waals surface area contributed by atoms with Crippen LogP contribution in [0.25, 0.3) is 10.9 Å². The molecule has 0 spiro atoms. The van der Waals surface area contributed by atoms with E-state index >= 15 is 4.39 Å². The number of nitrogens with two attached hydrogens (primary N) is 1. The Morgan fingerprint density at radius 3 is 2.69 bits per heavy atom. The number of oxazole rings is 1. The number of anilines is 1. The van der Waals surface area contributed by atoms with Crippen LogP contribution in [0.1, 0.15) is 52.6 Å². The number of pyridine rings is 1. The van der Waals surface area contributed by atoms with Crippen molar-refractivity contribution in [1.82, 2.24) is 9.55 Å². The number of benzene rings is 1. The maximum absolute atomic E-state index is 15.5. The van der Waals surface area contributed by atoms with Gasteiger partial charge in [0.1, 0.15) is 23.2 Å². The number of carbonyl (C=O) groups is 1. The minimum absolute atomic E-state index is 0.0603. The third-order valence-electron chi connectivity index (χ3n) is 7.05. The van der Waals surface area contributed by atoms with Crippen molar-refractivity contribution in [3.05, 3.63) is 51.2 Å². The lowest BCUT2D eigenvalue weighted by atomic mass is 10.00. The van der Waals surface area contributed by atoms with E-state index in [1.165, 1.54) is 11.7 Å². The van der Waals surface area contributed by atoms with Crippen molar-refractivity contribution in [2.75, 3.05) is 25.1 Å². The summed E-state index contributed by atoms with van der Waals surface area (Å²) in [4.78, 5) is 30.7. The number of nitrogens with zero attached hydrogens (tertiary/aromatic N) is 3. The highest BCUT2D eigenvalue weighted by Gasteiger charge is 2.42. The number of ether oxygens (including phenoxy) is 1. The first kappa shape index (κ1) is 23.3. The smallest absolute Gasteiger partial charge is 0.341 e. The van der Waals surface area contributed by atoms with Gasteiger partial charge in [-0.25, -0.2) is 18.6 Å². The Labute approximate surface area is 199 Å². The van der Waals surface area contributed by atoms with Crippen molar-refractivity contribution in [2.24, 2.45) is 11.7 Å². The van der Waals surface area contributed by atoms with Gasteiger partial charge in [-0.2, -0.15) is 0 Å². The number of aromatic nitrogens is 2. The van der Waals surface area contributed by atoms with Gasteiger partial charge < -0.3 is 29.5 Å². The summed E-state index contributed by atoms with van der Waals surface area (Å²) >= 11 is 0. The number of aromatic carboxylic acids is 1. The summed E-state index contributed by atoms with van der Waals surface area (Å²) in [6.45, 7) is 4.49. The Hall–Kier alpha value is -3.47. The van der Waals surface area contributed by atoms with Crippen molar-refractivity contribution in [2.45, 2.75) is 44.9 Å². The topological polar surface area (TPSA) is 124 Å². The summed E-state index contributed by atoms with van der Waals surface area (Å²) in [7, 11) is 1.34. The van der Waals surface area contributed by atoms with E-state index < -0.39 is 41.0 Å². The summed E-state index contributed by atoms with van der Waals surface area (Å²) in [5, 5.41) is 9.30. The van der Waals surface area contributed by atoms with Gasteiger partial charge in [0, 0.05) is 31.6 Å². The van der Waals surface area contributed by atoms with E-state index in [1.54, 1.807) is 4.90 Å². The number of alkyl halides is 1. The zero-order valence-electron chi connectivity index (χ0n) is 19.5. The molecule has 1 saturated heterocycles. The van der Waals surface area contributed by atoms with Gasteiger partial charge in [-0.15, -0.1) is 0 Å². The van der Waals surface area contributed by atoms with Crippen molar-refractivity contribution < 1.29 is 27.8 Å². The molecule has 3 N–H and O–H groups in total. The van der Waals surface area contributed by atoms with Gasteiger partial charge in [-0.3, -0.25) is 4.79 Å². The minimum atomic E-state index is -1.46. The predicted octanol–water partition coefficient (Wildman–Crippen LogP) is 3.26. The number of rotatable bonds is 6. The normalized spacial score (nSPS) is 22.6. The summed E-state index contributed by atoms with van der Waals surface area (Å²) in [6, 6.07) is -0.126. The molecule has 1 aromatic carbocycles. The van der Waals surface area contributed by atoms with Crippen molar-refractivity contribution in [3.63, 3.8) is 0 Å². The molecule has 5 rings (SSSR count). The molecule has 1 aliphatic heterocycles. The summed E-state index contributed by atoms with van der Waals surface area (Å²) in [5.74, 6) is -1.09. The van der Waals surface area contributed by atoms with Crippen LogP contribution in [0.15, 0.2) is 21.5 Å². The minimum Gasteiger partial charge on any atom is -0.492 e. The molecule has 186 valence electrons. The van der Waals surface area contributed by atoms with E-state index in [9.17, 15) is 19.1 Å². The third-order valence-corrected chi connectivity index (χ3v) is 7.05. The third kappa shape index (κ3) is 3.74. The lowest BCUT2D eigenvalue weighted by Crippen LogP contribution is -2.27. The standard InChI is InChI=1S/C24H26F2N4O5/c1-10-11(2)35-23(28-10)18(27)12-4-5-29(8-12)20-16(26)6-13-19(22(20)34-3)30(17-7-15(17)25)9-14(21(13)31)24(32)33/h6,9,12,15,17-18H,4-5,7-8,27H2,1-3H3,(H,32,33). The summed E-state index contributed by atoms with van der Waals surface area (Å²) < 4.78 is 42.2. The average Bonchev–Trinajstić information content (AvgIpc) is 3.19. The second kappa shape index (κ2) is 8.33. The Morgan fingerprint density at radius 1 is 1.40 bits per heavy atom. The fourth-order valence-corrected chi connectivity index (χ4v) is 4.91. The van der Waals surface area contributed by atoms with Gasteiger partial charge in [-0.1, -0.05) is 0 Å². The Kier molecular flexibility index (Phi) is 5.54. The van der Waals surface area contributed by atoms with Crippen LogP contribution in [-0.2, 0) is 0 Å². The lowest BCUT2D eigenvalue weighted by Gasteiger charge is -2.25. The van der Waals surface area contributed by atoms with Crippen LogP contribution in [0.5, 0.6) is 5.75 Å². The number of halogens is 2. The van der Waals surface area contributed by atoms with Crippen molar-refractivity contribution in [1.29, 1.82) is 0 Å². The molecule has 9 nitrogen and oxygen atoms in total. The molecule has 1 saturated carbocycles. The van der Waals surface area contributed by atoms with Crippen LogP contribution in [0.4, 0.5) is 14.5 Å². The molecular formula is C24H26F2N4O5. The quantitative estimate of drug-likeness (QED) is 0.542. The van der Waals surface area contributed by atoms with Gasteiger partial charge in [0.25, 0.3) is 0 Å². The van der Waals surface area contributed by atoms with Crippen LogP contribution < -0.4 is 20.8 Å². The van der Waals surface area contributed by atoms with Crippen molar-refractivity contribution in [3.8, 4) is 5.75 Å². The highest BCUT2D eigenvalue weighted by Crippen LogP contribution is 2.46. The molecule has 2 aromatic heterocycles. The molecule has 1 aliphatic carbocycles. The summed E-state index contributed by atoms with van der Waals surface area (Å²) in [6.07, 6.45) is 0.740. The fourth-order valence-electron chi connectivity index (χ4n) is 4.91. The second-order valence-corrected chi connectivity index (χ2v) is 9.25. The molecule has 35 heavy (non-hydrogen) atoms. The van der Waals surface area contributed by atoms with Gasteiger partial charge in [0.2, 0.25) is 11.3 Å². The molecule has 0 radical (unpaired) electrons. The highest BCUT2D eigenvalue weighted by atomic mass is 19.1. The van der Waals surface area contributed by atoms with Crippen LogP contribution in [-0.4, -0.2) is 47.0 Å². The molecule has 11 heteroatoms. The zero-order valence-corrected chi connectivity index (χ0v) is 19.5. The Balaban J connectivity index is 1.60. The zero-order chi connectivity index (χ0) is 25.2. The Bertz CT molecular complexity index is 1380. The van der Waals surface area contributed by atoms with E-state index in [4.69, 9.17) is 14.9 Å². The highest BCUT2D eigenvalue weighted by molar-refractivity contribution is 5.97. The molecule has 4 unspecified atom stereocenters. The van der Waals surface area contributed by atoms with Gasteiger partial charge in [-0.05, 0) is 26.3 Å². The predicted molar refractivity (Wildman–Crippen MR) is 123 cm³/mol. The maximum atomic E-state index is 15.5. The first-order chi connectivity index (χ1) is 16.6. The number of fused-ring (bicyclic) bond motifs is 1. The van der Waals surface area contributed by atoms with E-state index in [0.29, 0.717) is 31.2 Å². The molecule has 2 fully saturated rings. The number of hydrogen-bond acceptors (Lipinski definition) is 7. The van der Waals surface area contributed by atoms with E-state index in [-0.39, 0.29) is 34.7 Å². The van der Waals surface area contributed by atoms with Crippen LogP contribution in [0, 0.1) is 25.6 Å². The first-order valence-corrected chi connectivity index (χ1v) is 11.4. The summed E-state index contributed by atoms with van der Waals surface area (Å²) in [5.41, 5.74) is 6.09. The van der Waals surface area contributed by atoms with E-state index in [2.05, 4.69) is 4.98 Å². The van der Waals surface area contributed by atoms with Gasteiger partial charge in [0.05, 0.1) is 35.8 Å². The van der Waals surface area contributed by atoms with Crippen LogP contribution >= 0.6 is 0 Å². The number of carboxylic acid groups (broad SMARTS) is 1. The van der Waals surface area contributed by atoms with Crippen molar-refractivity contribution >= 4 is 22.6 Å². The second-order valence-electron chi connectivity index (χ2n) is 9.25. The molecule has 4 atom stereocenters. The monoisotopic (exact) mass is 488 g/mol. The van der Waals surface area contributed by atoms with Crippen LogP contribution in [0.2, 0.25) is 0 Å². The average molecular weight is 488 g/mol. The largest absolute Gasteiger partial charge is 0.492 e. The molecular weight excluding hydrogens is 462 g/mol. The fraction of sp³-hybridized carbons (Fsp3) is 0.458. The first-order valence-electron chi connectivity index (χ1n) is 11.4. The molecule has 2 aliphatic rings. The molecule has 3 heterocycles. The molecule has 0 bridgehead atoms. The number of carboxylic acids is 1. The maximum Gasteiger partial charge on any atom is 0.341 e. The van der Waals surface area contributed by atoms with E-state index in [0.717, 1.165) is 18.0 Å². The molecule has 3 aromatic rings. The number of methoxy groups -OCH3 is 1. The number of hydrogen-bond donors (Lipinski definition) is 2.